The van der Waals surface area contributed by atoms with E-state index in [0.29, 0.717) is 17.1 Å². The van der Waals surface area contributed by atoms with Crippen molar-refractivity contribution in [3.8, 4) is 11.4 Å². The van der Waals surface area contributed by atoms with Gasteiger partial charge in [0.2, 0.25) is 5.91 Å². The monoisotopic (exact) mass is 369 g/mol. The van der Waals surface area contributed by atoms with Crippen LogP contribution in [0.3, 0.4) is 0 Å². The molecule has 3 rings (SSSR count). The average molecular weight is 369 g/mol. The molecule has 0 bridgehead atoms. The third-order valence-corrected chi connectivity index (χ3v) is 5.11. The maximum absolute atomic E-state index is 12.4. The van der Waals surface area contributed by atoms with Crippen molar-refractivity contribution in [2.45, 2.75) is 33.6 Å². The predicted octanol–water partition coefficient (Wildman–Crippen LogP) is 2.65. The van der Waals surface area contributed by atoms with E-state index in [0.717, 1.165) is 27.7 Å². The second-order valence-electron chi connectivity index (χ2n) is 5.82. The minimum atomic E-state index is -0.318. The molecule has 0 saturated carbocycles. The molecule has 3 heterocycles. The molecule has 0 fully saturated rings. The van der Waals surface area contributed by atoms with Gasteiger partial charge in [-0.25, -0.2) is 9.97 Å². The first-order chi connectivity index (χ1) is 12.5. The van der Waals surface area contributed by atoms with Crippen molar-refractivity contribution in [2.75, 3.05) is 5.32 Å². The van der Waals surface area contributed by atoms with Gasteiger partial charge >= 0.3 is 0 Å². The summed E-state index contributed by atoms with van der Waals surface area (Å²) in [5.74, 6) is 0.180. The van der Waals surface area contributed by atoms with Crippen molar-refractivity contribution in [2.24, 2.45) is 0 Å². The van der Waals surface area contributed by atoms with Crippen molar-refractivity contribution < 1.29 is 4.79 Å². The Hall–Kier alpha value is -2.87. The summed E-state index contributed by atoms with van der Waals surface area (Å²) in [6.45, 7) is 5.60. The summed E-state index contributed by atoms with van der Waals surface area (Å²) in [6.07, 6.45) is 4.06. The summed E-state index contributed by atoms with van der Waals surface area (Å²) < 4.78 is 0. The van der Waals surface area contributed by atoms with Crippen LogP contribution in [0.2, 0.25) is 0 Å². The lowest BCUT2D eigenvalue weighted by molar-refractivity contribution is -0.115. The van der Waals surface area contributed by atoms with Gasteiger partial charge in [-0.2, -0.15) is 0 Å². The first kappa shape index (κ1) is 17.9. The van der Waals surface area contributed by atoms with Crippen LogP contribution in [0.15, 0.2) is 29.3 Å². The van der Waals surface area contributed by atoms with Crippen LogP contribution in [-0.4, -0.2) is 25.8 Å². The van der Waals surface area contributed by atoms with Gasteiger partial charge in [-0.15, -0.1) is 11.3 Å². The van der Waals surface area contributed by atoms with Crippen LogP contribution in [0.4, 0.5) is 5.00 Å². The first-order valence-electron chi connectivity index (χ1n) is 8.24. The fourth-order valence-electron chi connectivity index (χ4n) is 2.51. The van der Waals surface area contributed by atoms with Crippen LogP contribution < -0.4 is 10.9 Å². The highest BCUT2D eigenvalue weighted by Gasteiger charge is 2.15. The Bertz CT molecular complexity index is 995. The molecule has 1 amide bonds. The van der Waals surface area contributed by atoms with E-state index < -0.39 is 0 Å². The normalized spacial score (nSPS) is 10.7. The highest BCUT2D eigenvalue weighted by Crippen LogP contribution is 2.24. The molecule has 0 aliphatic heterocycles. The van der Waals surface area contributed by atoms with Crippen LogP contribution in [0.5, 0.6) is 0 Å². The number of aromatic nitrogens is 4. The number of aryl methyl sites for hydroxylation is 3. The van der Waals surface area contributed by atoms with Crippen molar-refractivity contribution in [1.29, 1.82) is 0 Å². The van der Waals surface area contributed by atoms with Gasteiger partial charge in [0.15, 0.2) is 0 Å². The minimum Gasteiger partial charge on any atom is -0.316 e. The number of nitrogens with one attached hydrogen (secondary N) is 2. The molecule has 0 aliphatic rings. The SMILES string of the molecule is CCc1nc(C)c(NC(=O)Cc2c(C)nc(-c3cccnc3)[nH]c2=O)s1. The molecule has 0 unspecified atom stereocenters. The topological polar surface area (TPSA) is 101 Å². The number of nitrogens with zero attached hydrogens (tertiary/aromatic N) is 3. The number of carbonyl (C=O) groups is 1. The Kier molecular flexibility index (Phi) is 5.22. The molecule has 134 valence electrons. The molecular weight excluding hydrogens is 350 g/mol. The van der Waals surface area contributed by atoms with Gasteiger partial charge in [-0.05, 0) is 32.4 Å². The van der Waals surface area contributed by atoms with E-state index in [1.54, 1.807) is 25.4 Å². The largest absolute Gasteiger partial charge is 0.316 e. The Morgan fingerprint density at radius 3 is 2.69 bits per heavy atom. The van der Waals surface area contributed by atoms with E-state index in [4.69, 9.17) is 0 Å². The number of thiazole rings is 1. The van der Waals surface area contributed by atoms with Crippen molar-refractivity contribution in [1.82, 2.24) is 19.9 Å². The Balaban J connectivity index is 1.80. The maximum atomic E-state index is 12.4. The molecule has 0 radical (unpaired) electrons. The number of amides is 1. The fourth-order valence-corrected chi connectivity index (χ4v) is 3.43. The minimum absolute atomic E-state index is 0.0414. The summed E-state index contributed by atoms with van der Waals surface area (Å²) in [4.78, 5) is 40.4. The number of hydrogen-bond donors (Lipinski definition) is 2. The fraction of sp³-hybridized carbons (Fsp3) is 0.278. The number of anilines is 1. The zero-order valence-electron chi connectivity index (χ0n) is 14.8. The van der Waals surface area contributed by atoms with E-state index in [1.807, 2.05) is 19.9 Å². The van der Waals surface area contributed by atoms with Crippen LogP contribution in [0.1, 0.15) is 28.9 Å². The maximum Gasteiger partial charge on any atom is 0.255 e. The van der Waals surface area contributed by atoms with Gasteiger partial charge in [0.25, 0.3) is 5.56 Å². The summed E-state index contributed by atoms with van der Waals surface area (Å²) in [7, 11) is 0. The zero-order valence-corrected chi connectivity index (χ0v) is 15.6. The lowest BCUT2D eigenvalue weighted by atomic mass is 10.1. The molecule has 3 aromatic rings. The molecule has 26 heavy (non-hydrogen) atoms. The highest BCUT2D eigenvalue weighted by molar-refractivity contribution is 7.16. The van der Waals surface area contributed by atoms with Gasteiger partial charge < -0.3 is 10.3 Å². The van der Waals surface area contributed by atoms with Crippen LogP contribution in [0, 0.1) is 13.8 Å². The molecule has 0 saturated heterocycles. The number of aromatic amines is 1. The van der Waals surface area contributed by atoms with Gasteiger partial charge in [-0.1, -0.05) is 6.92 Å². The lowest BCUT2D eigenvalue weighted by Crippen LogP contribution is -2.23. The van der Waals surface area contributed by atoms with Crippen molar-refractivity contribution in [3.05, 3.63) is 56.8 Å². The molecular formula is C18H19N5O2S. The summed E-state index contributed by atoms with van der Waals surface area (Å²) in [5.41, 5.74) is 2.07. The molecule has 0 atom stereocenters. The van der Waals surface area contributed by atoms with Gasteiger partial charge in [0.05, 0.1) is 17.1 Å². The summed E-state index contributed by atoms with van der Waals surface area (Å²) >= 11 is 1.45. The van der Waals surface area contributed by atoms with Crippen molar-refractivity contribution in [3.63, 3.8) is 0 Å². The molecule has 2 N–H and O–H groups in total. The number of H-pyrrole nitrogens is 1. The van der Waals surface area contributed by atoms with Crippen molar-refractivity contribution >= 4 is 22.2 Å². The van der Waals surface area contributed by atoms with Crippen LogP contribution in [-0.2, 0) is 17.6 Å². The lowest BCUT2D eigenvalue weighted by Gasteiger charge is -2.07. The molecule has 0 spiro atoms. The number of rotatable bonds is 5. The quantitative estimate of drug-likeness (QED) is 0.720. The summed E-state index contributed by atoms with van der Waals surface area (Å²) in [6, 6.07) is 3.59. The van der Waals surface area contributed by atoms with Gasteiger partial charge in [0, 0.05) is 29.2 Å². The Morgan fingerprint density at radius 2 is 2.08 bits per heavy atom. The third-order valence-electron chi connectivity index (χ3n) is 3.89. The molecule has 7 nitrogen and oxygen atoms in total. The van der Waals surface area contributed by atoms with Crippen LogP contribution >= 0.6 is 11.3 Å². The molecule has 3 aromatic heterocycles. The highest BCUT2D eigenvalue weighted by atomic mass is 32.1. The standard InChI is InChI=1S/C18H19N5O2S/c1-4-15-20-11(3)18(26-15)22-14(24)8-13-10(2)21-16(23-17(13)25)12-6-5-7-19-9-12/h5-7,9H,4,8H2,1-3H3,(H,22,24)(H,21,23,25). The molecule has 0 aliphatic carbocycles. The number of carbonyl (C=O) groups excluding carboxylic acids is 1. The molecule has 0 aromatic carbocycles. The van der Waals surface area contributed by atoms with E-state index in [9.17, 15) is 9.59 Å². The third kappa shape index (κ3) is 3.85. The van der Waals surface area contributed by atoms with E-state index in [2.05, 4.69) is 25.3 Å². The molecule has 8 heteroatoms. The number of pyridine rings is 1. The Morgan fingerprint density at radius 1 is 1.27 bits per heavy atom. The van der Waals surface area contributed by atoms with Gasteiger partial charge in [-0.3, -0.25) is 14.6 Å². The van der Waals surface area contributed by atoms with E-state index in [1.165, 1.54) is 11.3 Å². The van der Waals surface area contributed by atoms with Crippen LogP contribution in [0.25, 0.3) is 11.4 Å². The Labute approximate surface area is 154 Å². The number of hydrogen-bond acceptors (Lipinski definition) is 6. The first-order valence-corrected chi connectivity index (χ1v) is 9.06. The second kappa shape index (κ2) is 7.57. The zero-order chi connectivity index (χ0) is 18.7. The second-order valence-corrected chi connectivity index (χ2v) is 6.90. The van der Waals surface area contributed by atoms with E-state index >= 15 is 0 Å². The predicted molar refractivity (Wildman–Crippen MR) is 101 cm³/mol. The average Bonchev–Trinajstić information content (AvgIpc) is 2.98. The van der Waals surface area contributed by atoms with E-state index in [-0.39, 0.29) is 17.9 Å². The smallest absolute Gasteiger partial charge is 0.255 e. The summed E-state index contributed by atoms with van der Waals surface area (Å²) in [5, 5.41) is 4.53. The van der Waals surface area contributed by atoms with Gasteiger partial charge in [0.1, 0.15) is 10.8 Å².